The van der Waals surface area contributed by atoms with Crippen LogP contribution < -0.4 is 10.1 Å². The van der Waals surface area contributed by atoms with E-state index in [1.807, 2.05) is 0 Å². The van der Waals surface area contributed by atoms with Crippen LogP contribution in [0.5, 0.6) is 5.75 Å². The van der Waals surface area contributed by atoms with Crippen LogP contribution in [-0.2, 0) is 0 Å². The summed E-state index contributed by atoms with van der Waals surface area (Å²) >= 11 is 0. The molecule has 2 saturated carbocycles. The number of hydrogen-bond acceptors (Lipinski definition) is 2. The van der Waals surface area contributed by atoms with E-state index in [1.54, 1.807) is 0 Å². The van der Waals surface area contributed by atoms with E-state index in [0.29, 0.717) is 12.1 Å². The van der Waals surface area contributed by atoms with Crippen LogP contribution in [0, 0.1) is 5.92 Å². The molecule has 2 aliphatic rings. The van der Waals surface area contributed by atoms with Gasteiger partial charge in [0.1, 0.15) is 5.75 Å². The minimum absolute atomic E-state index is 0.492. The second-order valence-electron chi connectivity index (χ2n) is 6.07. The first-order chi connectivity index (χ1) is 9.35. The maximum Gasteiger partial charge on any atom is 0.119 e. The molecule has 2 nitrogen and oxygen atoms in total. The van der Waals surface area contributed by atoms with Gasteiger partial charge in [0.05, 0.1) is 6.10 Å². The molecular weight excluding hydrogens is 234 g/mol. The largest absolute Gasteiger partial charge is 0.490 e. The minimum atomic E-state index is 0.492. The van der Waals surface area contributed by atoms with E-state index in [0.717, 1.165) is 18.2 Å². The third-order valence-electron chi connectivity index (χ3n) is 4.02. The van der Waals surface area contributed by atoms with Gasteiger partial charge in [-0.15, -0.1) is 0 Å². The van der Waals surface area contributed by atoms with Crippen molar-refractivity contribution in [3.05, 3.63) is 29.8 Å². The van der Waals surface area contributed by atoms with Gasteiger partial charge in [-0.3, -0.25) is 0 Å². The Bertz CT molecular complexity index is 392. The van der Waals surface area contributed by atoms with Gasteiger partial charge in [-0.25, -0.2) is 0 Å². The third-order valence-corrected chi connectivity index (χ3v) is 4.02. The monoisotopic (exact) mass is 259 g/mol. The van der Waals surface area contributed by atoms with Crippen LogP contribution in [0.1, 0.15) is 57.1 Å². The first kappa shape index (κ1) is 13.0. The molecule has 0 amide bonds. The maximum absolute atomic E-state index is 5.81. The van der Waals surface area contributed by atoms with Crippen LogP contribution in [0.4, 0.5) is 0 Å². The van der Waals surface area contributed by atoms with Gasteiger partial charge in [0.2, 0.25) is 0 Å². The number of nitrogens with one attached hydrogen (secondary N) is 1. The lowest BCUT2D eigenvalue weighted by atomic mass is 10.0. The lowest BCUT2D eigenvalue weighted by Gasteiger charge is -2.19. The predicted molar refractivity (Wildman–Crippen MR) is 78.5 cm³/mol. The molecule has 0 saturated heterocycles. The van der Waals surface area contributed by atoms with Crippen LogP contribution >= 0.6 is 0 Å². The summed E-state index contributed by atoms with van der Waals surface area (Å²) in [6, 6.07) is 9.30. The van der Waals surface area contributed by atoms with Crippen LogP contribution in [0.3, 0.4) is 0 Å². The molecule has 19 heavy (non-hydrogen) atoms. The van der Waals surface area contributed by atoms with Gasteiger partial charge in [0.15, 0.2) is 0 Å². The zero-order valence-electron chi connectivity index (χ0n) is 11.9. The Kier molecular flexibility index (Phi) is 4.07. The van der Waals surface area contributed by atoms with Crippen molar-refractivity contribution in [1.82, 2.24) is 5.32 Å². The van der Waals surface area contributed by atoms with Crippen molar-refractivity contribution in [1.29, 1.82) is 0 Å². The van der Waals surface area contributed by atoms with E-state index in [2.05, 4.69) is 36.5 Å². The summed E-state index contributed by atoms with van der Waals surface area (Å²) in [5.41, 5.74) is 1.42. The molecule has 2 heteroatoms. The summed E-state index contributed by atoms with van der Waals surface area (Å²) in [6.45, 7) is 3.34. The number of hydrogen-bond donors (Lipinski definition) is 1. The quantitative estimate of drug-likeness (QED) is 0.760. The molecule has 1 atom stereocenters. The molecule has 0 aromatic heterocycles. The Labute approximate surface area is 116 Å². The molecule has 104 valence electrons. The van der Waals surface area contributed by atoms with Gasteiger partial charge >= 0.3 is 0 Å². The van der Waals surface area contributed by atoms with E-state index < -0.39 is 0 Å². The molecule has 0 radical (unpaired) electrons. The van der Waals surface area contributed by atoms with E-state index in [1.165, 1.54) is 44.1 Å². The summed E-state index contributed by atoms with van der Waals surface area (Å²) < 4.78 is 5.81. The van der Waals surface area contributed by atoms with Crippen molar-refractivity contribution in [2.24, 2.45) is 5.92 Å². The normalized spacial score (nSPS) is 20.3. The summed E-state index contributed by atoms with van der Waals surface area (Å²) in [6.07, 6.45) is 8.29. The average Bonchev–Trinajstić information content (AvgIpc) is 3.31. The Hall–Kier alpha value is -1.02. The smallest absolute Gasteiger partial charge is 0.119 e. The molecule has 1 N–H and O–H groups in total. The highest BCUT2D eigenvalue weighted by Crippen LogP contribution is 2.38. The Balaban J connectivity index is 1.61. The number of benzene rings is 1. The second-order valence-corrected chi connectivity index (χ2v) is 6.07. The van der Waals surface area contributed by atoms with Crippen molar-refractivity contribution in [2.45, 2.75) is 57.6 Å². The number of ether oxygens (including phenoxy) is 1. The zero-order chi connectivity index (χ0) is 13.1. The topological polar surface area (TPSA) is 21.3 Å². The van der Waals surface area contributed by atoms with Crippen LogP contribution in [0.25, 0.3) is 0 Å². The molecule has 2 fully saturated rings. The highest BCUT2D eigenvalue weighted by molar-refractivity contribution is 5.29. The molecule has 0 heterocycles. The van der Waals surface area contributed by atoms with Crippen molar-refractivity contribution in [3.63, 3.8) is 0 Å². The van der Waals surface area contributed by atoms with Crippen LogP contribution in [0.15, 0.2) is 24.3 Å². The van der Waals surface area contributed by atoms with Crippen LogP contribution in [-0.4, -0.2) is 12.6 Å². The summed E-state index contributed by atoms with van der Waals surface area (Å²) in [5.74, 6) is 1.99. The molecule has 1 unspecified atom stereocenters. The molecule has 0 spiro atoms. The van der Waals surface area contributed by atoms with Crippen molar-refractivity contribution >= 4 is 0 Å². The number of rotatable bonds is 8. The van der Waals surface area contributed by atoms with Crippen molar-refractivity contribution in [3.8, 4) is 5.75 Å². The standard InChI is InChI=1S/C17H25NO/c1-2-11-18-17(12-13-3-4-13)14-5-7-15(8-6-14)19-16-9-10-16/h5-8,13,16-18H,2-4,9-12H2,1H3. The summed E-state index contributed by atoms with van der Waals surface area (Å²) in [7, 11) is 0. The first-order valence-electron chi connectivity index (χ1n) is 7.85. The van der Waals surface area contributed by atoms with Gasteiger partial charge in [-0.05, 0) is 55.8 Å². The highest BCUT2D eigenvalue weighted by atomic mass is 16.5. The summed E-state index contributed by atoms with van der Waals surface area (Å²) in [4.78, 5) is 0. The Morgan fingerprint density at radius 1 is 1.16 bits per heavy atom. The minimum Gasteiger partial charge on any atom is -0.490 e. The van der Waals surface area contributed by atoms with E-state index in [4.69, 9.17) is 4.74 Å². The molecule has 0 aliphatic heterocycles. The molecular formula is C17H25NO. The van der Waals surface area contributed by atoms with Gasteiger partial charge in [0, 0.05) is 6.04 Å². The van der Waals surface area contributed by atoms with E-state index in [9.17, 15) is 0 Å². The lowest BCUT2D eigenvalue weighted by molar-refractivity contribution is 0.303. The van der Waals surface area contributed by atoms with Gasteiger partial charge in [-0.1, -0.05) is 31.9 Å². The maximum atomic E-state index is 5.81. The first-order valence-corrected chi connectivity index (χ1v) is 7.85. The van der Waals surface area contributed by atoms with Gasteiger partial charge < -0.3 is 10.1 Å². The molecule has 1 aromatic carbocycles. The zero-order valence-corrected chi connectivity index (χ0v) is 11.9. The average molecular weight is 259 g/mol. The van der Waals surface area contributed by atoms with E-state index >= 15 is 0 Å². The Morgan fingerprint density at radius 2 is 1.89 bits per heavy atom. The van der Waals surface area contributed by atoms with Gasteiger partial charge in [-0.2, -0.15) is 0 Å². The second kappa shape index (κ2) is 5.96. The fraction of sp³-hybridized carbons (Fsp3) is 0.647. The molecule has 0 bridgehead atoms. The molecule has 3 rings (SSSR count). The van der Waals surface area contributed by atoms with E-state index in [-0.39, 0.29) is 0 Å². The fourth-order valence-electron chi connectivity index (χ4n) is 2.50. The lowest BCUT2D eigenvalue weighted by Crippen LogP contribution is -2.22. The van der Waals surface area contributed by atoms with Crippen molar-refractivity contribution < 1.29 is 4.74 Å². The van der Waals surface area contributed by atoms with Gasteiger partial charge in [0.25, 0.3) is 0 Å². The molecule has 1 aromatic rings. The predicted octanol–water partition coefficient (Wildman–Crippen LogP) is 4.07. The van der Waals surface area contributed by atoms with Crippen molar-refractivity contribution in [2.75, 3.05) is 6.54 Å². The summed E-state index contributed by atoms with van der Waals surface area (Å²) in [5, 5.41) is 3.69. The highest BCUT2D eigenvalue weighted by Gasteiger charge is 2.26. The van der Waals surface area contributed by atoms with Crippen LogP contribution in [0.2, 0.25) is 0 Å². The SMILES string of the molecule is CCCNC(CC1CC1)c1ccc(OC2CC2)cc1. The molecule has 2 aliphatic carbocycles. The third kappa shape index (κ3) is 3.97. The Morgan fingerprint density at radius 3 is 2.47 bits per heavy atom. The fourth-order valence-corrected chi connectivity index (χ4v) is 2.50.